The normalized spacial score (nSPS) is 12.1. The Morgan fingerprint density at radius 2 is 2.22 bits per heavy atom. The standard InChI is InChI=1S/C14H13FN2O/c1-9-14(10(2)18-17-9)7-12(8-16)11-4-3-5-13(15)6-11/h3-6,12H,7H2,1-2H3. The van der Waals surface area contributed by atoms with Crippen molar-refractivity contribution in [1.29, 1.82) is 5.26 Å². The minimum absolute atomic E-state index is 0.327. The molecule has 0 amide bonds. The van der Waals surface area contributed by atoms with Gasteiger partial charge in [0.15, 0.2) is 0 Å². The molecule has 1 aromatic carbocycles. The van der Waals surface area contributed by atoms with E-state index in [0.717, 1.165) is 11.3 Å². The van der Waals surface area contributed by atoms with Crippen LogP contribution in [0.15, 0.2) is 28.8 Å². The lowest BCUT2D eigenvalue weighted by molar-refractivity contribution is 0.392. The van der Waals surface area contributed by atoms with Crippen molar-refractivity contribution in [2.24, 2.45) is 0 Å². The Labute approximate surface area is 105 Å². The van der Waals surface area contributed by atoms with Crippen LogP contribution >= 0.6 is 0 Å². The Kier molecular flexibility index (Phi) is 3.42. The Morgan fingerprint density at radius 1 is 1.44 bits per heavy atom. The topological polar surface area (TPSA) is 49.8 Å². The van der Waals surface area contributed by atoms with Crippen LogP contribution in [-0.2, 0) is 6.42 Å². The molecule has 0 saturated heterocycles. The zero-order valence-corrected chi connectivity index (χ0v) is 10.3. The number of hydrogen-bond acceptors (Lipinski definition) is 3. The molecule has 2 rings (SSSR count). The molecule has 1 aromatic heterocycles. The predicted molar refractivity (Wildman–Crippen MR) is 64.4 cm³/mol. The van der Waals surface area contributed by atoms with Gasteiger partial charge in [-0.25, -0.2) is 4.39 Å². The number of nitriles is 1. The summed E-state index contributed by atoms with van der Waals surface area (Å²) in [6.45, 7) is 3.65. The highest BCUT2D eigenvalue weighted by atomic mass is 19.1. The van der Waals surface area contributed by atoms with E-state index in [9.17, 15) is 9.65 Å². The molecule has 0 aliphatic heterocycles. The first-order valence-electron chi connectivity index (χ1n) is 5.68. The van der Waals surface area contributed by atoms with Gasteiger partial charge in [0.25, 0.3) is 0 Å². The molecular formula is C14H13FN2O. The van der Waals surface area contributed by atoms with E-state index >= 15 is 0 Å². The Hall–Kier alpha value is -2.15. The molecule has 3 nitrogen and oxygen atoms in total. The van der Waals surface area contributed by atoms with E-state index in [4.69, 9.17) is 4.52 Å². The Balaban J connectivity index is 2.29. The van der Waals surface area contributed by atoms with E-state index in [0.29, 0.717) is 17.7 Å². The molecular weight excluding hydrogens is 231 g/mol. The molecule has 0 N–H and O–H groups in total. The second kappa shape index (κ2) is 5.01. The first kappa shape index (κ1) is 12.3. The molecule has 0 saturated carbocycles. The van der Waals surface area contributed by atoms with Crippen LogP contribution in [0, 0.1) is 31.0 Å². The van der Waals surface area contributed by atoms with Crippen molar-refractivity contribution in [3.8, 4) is 6.07 Å². The highest BCUT2D eigenvalue weighted by Gasteiger charge is 2.17. The lowest BCUT2D eigenvalue weighted by Gasteiger charge is -2.09. The molecule has 0 spiro atoms. The van der Waals surface area contributed by atoms with Gasteiger partial charge in [-0.2, -0.15) is 5.26 Å². The second-order valence-electron chi connectivity index (χ2n) is 4.24. The minimum atomic E-state index is -0.391. The average molecular weight is 244 g/mol. The van der Waals surface area contributed by atoms with Gasteiger partial charge < -0.3 is 4.52 Å². The van der Waals surface area contributed by atoms with Gasteiger partial charge in [0, 0.05) is 5.56 Å². The molecule has 1 heterocycles. The molecule has 1 atom stereocenters. The van der Waals surface area contributed by atoms with Gasteiger partial charge in [0.05, 0.1) is 17.7 Å². The van der Waals surface area contributed by atoms with Crippen LogP contribution in [0.1, 0.15) is 28.5 Å². The van der Waals surface area contributed by atoms with Crippen LogP contribution in [0.25, 0.3) is 0 Å². The van der Waals surface area contributed by atoms with Crippen LogP contribution < -0.4 is 0 Å². The third kappa shape index (κ3) is 2.40. The van der Waals surface area contributed by atoms with Gasteiger partial charge in [-0.15, -0.1) is 0 Å². The summed E-state index contributed by atoms with van der Waals surface area (Å²) in [4.78, 5) is 0. The summed E-state index contributed by atoms with van der Waals surface area (Å²) in [5.41, 5.74) is 2.38. The number of aryl methyl sites for hydroxylation is 2. The van der Waals surface area contributed by atoms with Crippen LogP contribution in [-0.4, -0.2) is 5.16 Å². The van der Waals surface area contributed by atoms with E-state index in [2.05, 4.69) is 11.2 Å². The highest BCUT2D eigenvalue weighted by molar-refractivity contribution is 5.31. The van der Waals surface area contributed by atoms with Crippen molar-refractivity contribution in [2.75, 3.05) is 0 Å². The van der Waals surface area contributed by atoms with Crippen LogP contribution in [0.4, 0.5) is 4.39 Å². The third-order valence-electron chi connectivity index (χ3n) is 3.00. The maximum Gasteiger partial charge on any atom is 0.137 e. The molecule has 0 aliphatic rings. The molecule has 18 heavy (non-hydrogen) atoms. The first-order chi connectivity index (χ1) is 8.61. The van der Waals surface area contributed by atoms with Crippen molar-refractivity contribution in [3.05, 3.63) is 52.7 Å². The van der Waals surface area contributed by atoms with Crippen molar-refractivity contribution in [1.82, 2.24) is 5.16 Å². The van der Waals surface area contributed by atoms with E-state index in [1.165, 1.54) is 12.1 Å². The lowest BCUT2D eigenvalue weighted by Crippen LogP contribution is -2.02. The summed E-state index contributed by atoms with van der Waals surface area (Å²) < 4.78 is 18.2. The van der Waals surface area contributed by atoms with Crippen molar-refractivity contribution in [3.63, 3.8) is 0 Å². The summed E-state index contributed by atoms with van der Waals surface area (Å²) >= 11 is 0. The monoisotopic (exact) mass is 244 g/mol. The van der Waals surface area contributed by atoms with Crippen molar-refractivity contribution < 1.29 is 8.91 Å². The van der Waals surface area contributed by atoms with Gasteiger partial charge in [-0.1, -0.05) is 17.3 Å². The van der Waals surface area contributed by atoms with Crippen LogP contribution in [0.5, 0.6) is 0 Å². The number of benzene rings is 1. The predicted octanol–water partition coefficient (Wildman–Crippen LogP) is 3.28. The smallest absolute Gasteiger partial charge is 0.137 e. The van der Waals surface area contributed by atoms with Gasteiger partial charge >= 0.3 is 0 Å². The van der Waals surface area contributed by atoms with E-state index < -0.39 is 5.92 Å². The zero-order chi connectivity index (χ0) is 13.1. The quantitative estimate of drug-likeness (QED) is 0.832. The maximum absolute atomic E-state index is 13.2. The molecule has 0 bridgehead atoms. The summed E-state index contributed by atoms with van der Waals surface area (Å²) in [5.74, 6) is -0.00633. The third-order valence-corrected chi connectivity index (χ3v) is 3.00. The fourth-order valence-electron chi connectivity index (χ4n) is 1.96. The summed E-state index contributed by atoms with van der Waals surface area (Å²) in [6.07, 6.45) is 0.487. The lowest BCUT2D eigenvalue weighted by atomic mass is 9.92. The SMILES string of the molecule is Cc1noc(C)c1CC(C#N)c1cccc(F)c1. The van der Waals surface area contributed by atoms with Gasteiger partial charge in [-0.05, 0) is 38.0 Å². The number of nitrogens with zero attached hydrogens (tertiary/aromatic N) is 2. The van der Waals surface area contributed by atoms with Crippen LogP contribution in [0.3, 0.4) is 0 Å². The molecule has 0 radical (unpaired) electrons. The van der Waals surface area contributed by atoms with E-state index in [1.54, 1.807) is 12.1 Å². The molecule has 4 heteroatoms. The summed E-state index contributed by atoms with van der Waals surface area (Å²) in [6, 6.07) is 8.34. The number of aromatic nitrogens is 1. The number of halogens is 1. The van der Waals surface area contributed by atoms with Gasteiger partial charge in [-0.3, -0.25) is 0 Å². The largest absolute Gasteiger partial charge is 0.361 e. The molecule has 92 valence electrons. The summed E-state index contributed by atoms with van der Waals surface area (Å²) in [7, 11) is 0. The van der Waals surface area contributed by atoms with Crippen LogP contribution in [0.2, 0.25) is 0 Å². The van der Waals surface area contributed by atoms with Gasteiger partial charge in [0.2, 0.25) is 0 Å². The fourth-order valence-corrected chi connectivity index (χ4v) is 1.96. The Morgan fingerprint density at radius 3 is 2.78 bits per heavy atom. The van der Waals surface area contributed by atoms with Crippen molar-refractivity contribution in [2.45, 2.75) is 26.2 Å². The first-order valence-corrected chi connectivity index (χ1v) is 5.68. The minimum Gasteiger partial charge on any atom is -0.361 e. The highest BCUT2D eigenvalue weighted by Crippen LogP contribution is 2.24. The molecule has 2 aromatic rings. The van der Waals surface area contributed by atoms with E-state index in [1.807, 2.05) is 13.8 Å². The fraction of sp³-hybridized carbons (Fsp3) is 0.286. The van der Waals surface area contributed by atoms with Gasteiger partial charge in [0.1, 0.15) is 11.6 Å². The second-order valence-corrected chi connectivity index (χ2v) is 4.24. The maximum atomic E-state index is 13.2. The number of rotatable bonds is 3. The molecule has 0 fully saturated rings. The van der Waals surface area contributed by atoms with E-state index in [-0.39, 0.29) is 5.82 Å². The average Bonchev–Trinajstić information content (AvgIpc) is 2.66. The number of hydrogen-bond donors (Lipinski definition) is 0. The molecule has 0 aliphatic carbocycles. The zero-order valence-electron chi connectivity index (χ0n) is 10.3. The van der Waals surface area contributed by atoms with Crippen molar-refractivity contribution >= 4 is 0 Å². The molecule has 1 unspecified atom stereocenters. The Bertz CT molecular complexity index is 579. The summed E-state index contributed by atoms with van der Waals surface area (Å²) in [5, 5.41) is 13.1.